The van der Waals surface area contributed by atoms with E-state index in [2.05, 4.69) is 45.5 Å². The number of phenols is 1. The van der Waals surface area contributed by atoms with E-state index in [0.29, 0.717) is 5.75 Å². The van der Waals surface area contributed by atoms with E-state index in [9.17, 15) is 5.11 Å². The van der Waals surface area contributed by atoms with E-state index in [1.165, 1.54) is 53.2 Å². The van der Waals surface area contributed by atoms with E-state index in [0.717, 1.165) is 11.1 Å². The molecule has 0 radical (unpaired) electrons. The first-order chi connectivity index (χ1) is 10.4. The molecular weight excluding hydrogens is 304 g/mol. The number of thioether (sulfide) groups is 1. The van der Waals surface area contributed by atoms with Crippen molar-refractivity contribution in [1.29, 1.82) is 0 Å². The van der Waals surface area contributed by atoms with Gasteiger partial charge in [-0.25, -0.2) is 0 Å². The van der Waals surface area contributed by atoms with Crippen molar-refractivity contribution in [3.8, 4) is 5.75 Å². The molecule has 1 aromatic carbocycles. The van der Waals surface area contributed by atoms with E-state index < -0.39 is 8.07 Å². The summed E-state index contributed by atoms with van der Waals surface area (Å²) in [5.74, 6) is 0.473. The van der Waals surface area contributed by atoms with E-state index >= 15 is 0 Å². The molecule has 0 spiro atoms. The molecule has 0 amide bonds. The van der Waals surface area contributed by atoms with Gasteiger partial charge >= 0.3 is 0 Å². The maximum absolute atomic E-state index is 10.1. The van der Waals surface area contributed by atoms with Crippen molar-refractivity contribution in [3.63, 3.8) is 0 Å². The lowest BCUT2D eigenvalue weighted by Gasteiger charge is -2.31. The number of aryl methyl sites for hydroxylation is 1. The Morgan fingerprint density at radius 3 is 1.86 bits per heavy atom. The Kier molecular flexibility index (Phi) is 8.05. The lowest BCUT2D eigenvalue weighted by molar-refractivity contribution is 0.465. The van der Waals surface area contributed by atoms with Crippen LogP contribution in [0.25, 0.3) is 0 Å². The zero-order valence-corrected chi connectivity index (χ0v) is 17.2. The minimum atomic E-state index is -1.15. The summed E-state index contributed by atoms with van der Waals surface area (Å²) in [4.78, 5) is 1.38. The van der Waals surface area contributed by atoms with Gasteiger partial charge < -0.3 is 5.11 Å². The van der Waals surface area contributed by atoms with Gasteiger partial charge in [-0.05, 0) is 48.9 Å². The van der Waals surface area contributed by atoms with Crippen molar-refractivity contribution < 1.29 is 5.11 Å². The number of hydrogen-bond donors (Lipinski definition) is 1. The second kappa shape index (κ2) is 9.02. The standard InChI is InChI=1S/C19H34OSSi/c1-7-10-22(11-8-2,12-9-3)14-21-18-13-15(4)19(20)17(6)16(18)5/h13,20H,7-12,14H2,1-6H3. The predicted molar refractivity (Wildman–Crippen MR) is 104 cm³/mol. The molecule has 0 heterocycles. The molecule has 1 N–H and O–H groups in total. The minimum absolute atomic E-state index is 0.473. The van der Waals surface area contributed by atoms with Gasteiger partial charge in [0.25, 0.3) is 0 Å². The summed E-state index contributed by atoms with van der Waals surface area (Å²) >= 11 is 2.06. The average molecular weight is 339 g/mol. The maximum atomic E-state index is 10.1. The van der Waals surface area contributed by atoms with Gasteiger partial charge in [-0.2, -0.15) is 0 Å². The molecule has 0 aromatic heterocycles. The van der Waals surface area contributed by atoms with Gasteiger partial charge in [-0.1, -0.05) is 58.2 Å². The fraction of sp³-hybridized carbons (Fsp3) is 0.684. The molecule has 1 rings (SSSR count). The summed E-state index contributed by atoms with van der Waals surface area (Å²) < 4.78 is 0. The summed E-state index contributed by atoms with van der Waals surface area (Å²) in [7, 11) is -1.15. The maximum Gasteiger partial charge on any atom is 0.121 e. The predicted octanol–water partition coefficient (Wildman–Crippen LogP) is 6.63. The number of aromatic hydroxyl groups is 1. The number of phenolic OH excluding ortho intramolecular Hbond substituents is 1. The van der Waals surface area contributed by atoms with E-state index in [-0.39, 0.29) is 0 Å². The van der Waals surface area contributed by atoms with Crippen LogP contribution < -0.4 is 0 Å². The van der Waals surface area contributed by atoms with Crippen LogP contribution in [0, 0.1) is 20.8 Å². The molecule has 22 heavy (non-hydrogen) atoms. The van der Waals surface area contributed by atoms with Gasteiger partial charge in [0.05, 0.1) is 8.07 Å². The Morgan fingerprint density at radius 1 is 0.909 bits per heavy atom. The van der Waals surface area contributed by atoms with Gasteiger partial charge in [-0.3, -0.25) is 0 Å². The normalized spacial score (nSPS) is 11.9. The molecule has 0 unspecified atom stereocenters. The van der Waals surface area contributed by atoms with Crippen LogP contribution in [0.1, 0.15) is 56.7 Å². The molecule has 0 aliphatic heterocycles. The van der Waals surface area contributed by atoms with Crippen molar-refractivity contribution >= 4 is 19.8 Å². The minimum Gasteiger partial charge on any atom is -0.507 e. The molecule has 3 heteroatoms. The Bertz CT molecular complexity index is 468. The van der Waals surface area contributed by atoms with Crippen molar-refractivity contribution in [2.24, 2.45) is 0 Å². The third-order valence-corrected chi connectivity index (χ3v) is 13.3. The molecule has 0 saturated carbocycles. The monoisotopic (exact) mass is 338 g/mol. The summed E-state index contributed by atoms with van der Waals surface area (Å²) in [5, 5.41) is 11.4. The Morgan fingerprint density at radius 2 is 1.41 bits per heavy atom. The molecule has 1 aromatic rings. The highest BCUT2D eigenvalue weighted by molar-refractivity contribution is 8.01. The van der Waals surface area contributed by atoms with Crippen LogP contribution in [0.2, 0.25) is 18.1 Å². The summed E-state index contributed by atoms with van der Waals surface area (Å²) in [6.07, 6.45) is 4.00. The quantitative estimate of drug-likeness (QED) is 0.403. The van der Waals surface area contributed by atoms with E-state index in [1.54, 1.807) is 0 Å². The highest BCUT2D eigenvalue weighted by Crippen LogP contribution is 2.37. The third kappa shape index (κ3) is 4.79. The molecule has 0 saturated heterocycles. The summed E-state index contributed by atoms with van der Waals surface area (Å²) in [6, 6.07) is 6.59. The van der Waals surface area contributed by atoms with Crippen molar-refractivity contribution in [3.05, 3.63) is 22.8 Å². The summed E-state index contributed by atoms with van der Waals surface area (Å²) in [6.45, 7) is 13.2. The average Bonchev–Trinajstić information content (AvgIpc) is 2.48. The molecule has 1 nitrogen and oxygen atoms in total. The number of hydrogen-bond acceptors (Lipinski definition) is 2. The van der Waals surface area contributed by atoms with Crippen LogP contribution in [-0.2, 0) is 0 Å². The van der Waals surface area contributed by atoms with E-state index in [1.807, 2.05) is 13.8 Å². The SMILES string of the molecule is CCC[Si](CCC)(CCC)CSc1cc(C)c(O)c(C)c1C. The molecule has 126 valence electrons. The molecule has 0 aliphatic carbocycles. The summed E-state index contributed by atoms with van der Waals surface area (Å²) in [5.41, 5.74) is 3.33. The third-order valence-electron chi connectivity index (χ3n) is 4.88. The van der Waals surface area contributed by atoms with Crippen molar-refractivity contribution in [2.75, 3.05) is 5.38 Å². The van der Waals surface area contributed by atoms with Crippen molar-refractivity contribution in [2.45, 2.75) is 83.8 Å². The van der Waals surface area contributed by atoms with Crippen LogP contribution in [0.3, 0.4) is 0 Å². The molecule has 0 atom stereocenters. The van der Waals surface area contributed by atoms with Crippen LogP contribution in [-0.4, -0.2) is 18.6 Å². The van der Waals surface area contributed by atoms with Gasteiger partial charge in [-0.15, -0.1) is 11.8 Å². The lowest BCUT2D eigenvalue weighted by atomic mass is 10.1. The van der Waals surface area contributed by atoms with Crippen molar-refractivity contribution in [1.82, 2.24) is 0 Å². The largest absolute Gasteiger partial charge is 0.507 e. The second-order valence-corrected chi connectivity index (χ2v) is 13.2. The fourth-order valence-electron chi connectivity index (χ4n) is 3.59. The molecule has 0 aliphatic rings. The topological polar surface area (TPSA) is 20.2 Å². The first-order valence-corrected chi connectivity index (χ1v) is 12.6. The Hall–Kier alpha value is -0.413. The lowest BCUT2D eigenvalue weighted by Crippen LogP contribution is -2.37. The van der Waals surface area contributed by atoms with Crippen LogP contribution in [0.5, 0.6) is 5.75 Å². The molecule has 0 bridgehead atoms. The number of rotatable bonds is 9. The second-order valence-electron chi connectivity index (χ2n) is 6.83. The first kappa shape index (κ1) is 19.6. The van der Waals surface area contributed by atoms with Crippen LogP contribution in [0.15, 0.2) is 11.0 Å². The first-order valence-electron chi connectivity index (χ1n) is 8.83. The highest BCUT2D eigenvalue weighted by atomic mass is 32.2. The van der Waals surface area contributed by atoms with Gasteiger partial charge in [0.15, 0.2) is 0 Å². The highest BCUT2D eigenvalue weighted by Gasteiger charge is 2.30. The van der Waals surface area contributed by atoms with E-state index in [4.69, 9.17) is 0 Å². The van der Waals surface area contributed by atoms with Gasteiger partial charge in [0, 0.05) is 4.90 Å². The zero-order valence-electron chi connectivity index (χ0n) is 15.4. The molecular formula is C19H34OSSi. The number of benzene rings is 1. The zero-order chi connectivity index (χ0) is 16.8. The van der Waals surface area contributed by atoms with Gasteiger partial charge in [0.1, 0.15) is 5.75 Å². The fourth-order valence-corrected chi connectivity index (χ4v) is 11.7. The molecule has 0 fully saturated rings. The Labute approximate surface area is 142 Å². The van der Waals surface area contributed by atoms with Crippen LogP contribution >= 0.6 is 11.8 Å². The smallest absolute Gasteiger partial charge is 0.121 e. The van der Waals surface area contributed by atoms with Crippen LogP contribution in [0.4, 0.5) is 0 Å². The Balaban J connectivity index is 2.97. The van der Waals surface area contributed by atoms with Gasteiger partial charge in [0.2, 0.25) is 0 Å².